The number of hydrogen-bond acceptors (Lipinski definition) is 4. The highest BCUT2D eigenvalue weighted by Crippen LogP contribution is 2.28. The second-order valence-electron chi connectivity index (χ2n) is 4.50. The van der Waals surface area contributed by atoms with Crippen molar-refractivity contribution in [3.8, 4) is 0 Å². The molecule has 18 heavy (non-hydrogen) atoms. The number of rotatable bonds is 4. The van der Waals surface area contributed by atoms with E-state index in [-0.39, 0.29) is 11.9 Å². The highest BCUT2D eigenvalue weighted by Gasteiger charge is 2.31. The Hall–Kier alpha value is -1.04. The summed E-state index contributed by atoms with van der Waals surface area (Å²) >= 11 is 1.94. The van der Waals surface area contributed by atoms with Gasteiger partial charge in [-0.2, -0.15) is 11.8 Å². The largest absolute Gasteiger partial charge is 0.293 e. The van der Waals surface area contributed by atoms with Gasteiger partial charge < -0.3 is 0 Å². The van der Waals surface area contributed by atoms with E-state index in [4.69, 9.17) is 5.84 Å². The first-order valence-corrected chi connectivity index (χ1v) is 7.24. The fourth-order valence-electron chi connectivity index (χ4n) is 2.34. The summed E-state index contributed by atoms with van der Waals surface area (Å²) in [7, 11) is 2.00. The lowest BCUT2D eigenvalue weighted by molar-refractivity contribution is -0.127. The van der Waals surface area contributed by atoms with E-state index in [1.54, 1.807) is 0 Å². The summed E-state index contributed by atoms with van der Waals surface area (Å²) in [5, 5.41) is 0. The summed E-state index contributed by atoms with van der Waals surface area (Å²) in [4.78, 5) is 14.2. The van der Waals surface area contributed by atoms with Crippen molar-refractivity contribution in [1.29, 1.82) is 0 Å². The standard InChI is InChI=1S/C13H19N3OS/c1-16(11-7-8-18-9-11)12(13(17)15-14)10-5-3-2-4-6-10/h2-6,11-12H,7-9,14H2,1H3,(H,15,17). The lowest BCUT2D eigenvalue weighted by Crippen LogP contribution is -2.45. The summed E-state index contributed by atoms with van der Waals surface area (Å²) in [5.41, 5.74) is 3.27. The van der Waals surface area contributed by atoms with E-state index in [1.165, 1.54) is 5.75 Å². The van der Waals surface area contributed by atoms with Crippen molar-refractivity contribution in [3.63, 3.8) is 0 Å². The molecule has 1 saturated heterocycles. The predicted molar refractivity (Wildman–Crippen MR) is 75.0 cm³/mol. The number of carbonyl (C=O) groups excluding carboxylic acids is 1. The number of amides is 1. The van der Waals surface area contributed by atoms with Gasteiger partial charge in [0, 0.05) is 11.8 Å². The Morgan fingerprint density at radius 1 is 1.50 bits per heavy atom. The van der Waals surface area contributed by atoms with Gasteiger partial charge in [0.25, 0.3) is 5.91 Å². The molecule has 2 atom stereocenters. The summed E-state index contributed by atoms with van der Waals surface area (Å²) in [6.07, 6.45) is 1.13. The summed E-state index contributed by atoms with van der Waals surface area (Å²) in [6, 6.07) is 9.92. The fourth-order valence-corrected chi connectivity index (χ4v) is 3.62. The van der Waals surface area contributed by atoms with Crippen LogP contribution in [0.3, 0.4) is 0 Å². The molecular formula is C13H19N3OS. The van der Waals surface area contributed by atoms with Crippen LogP contribution in [-0.4, -0.2) is 35.4 Å². The number of nitrogens with two attached hydrogens (primary N) is 1. The lowest BCUT2D eigenvalue weighted by atomic mass is 10.0. The first kappa shape index (κ1) is 13.4. The number of nitrogens with zero attached hydrogens (tertiary/aromatic N) is 1. The van der Waals surface area contributed by atoms with Gasteiger partial charge in [-0.25, -0.2) is 5.84 Å². The summed E-state index contributed by atoms with van der Waals surface area (Å²) in [6.45, 7) is 0. The Morgan fingerprint density at radius 3 is 2.78 bits per heavy atom. The van der Waals surface area contributed by atoms with Crippen LogP contribution in [0.1, 0.15) is 18.0 Å². The molecule has 5 heteroatoms. The Kier molecular flexibility index (Phi) is 4.63. The molecule has 4 nitrogen and oxygen atoms in total. The van der Waals surface area contributed by atoms with Crippen LogP contribution in [0.5, 0.6) is 0 Å². The average molecular weight is 265 g/mol. The topological polar surface area (TPSA) is 58.4 Å². The molecule has 3 N–H and O–H groups in total. The first-order chi connectivity index (χ1) is 8.74. The van der Waals surface area contributed by atoms with E-state index >= 15 is 0 Å². The normalized spacial score (nSPS) is 20.9. The van der Waals surface area contributed by atoms with Crippen molar-refractivity contribution < 1.29 is 4.79 Å². The third-order valence-electron chi connectivity index (χ3n) is 3.39. The molecule has 98 valence electrons. The minimum absolute atomic E-state index is 0.152. The van der Waals surface area contributed by atoms with Crippen LogP contribution in [0.15, 0.2) is 30.3 Å². The van der Waals surface area contributed by atoms with Crippen LogP contribution in [-0.2, 0) is 4.79 Å². The molecule has 0 aliphatic carbocycles. The number of hydrazine groups is 1. The Labute approximate surface area is 112 Å². The van der Waals surface area contributed by atoms with Gasteiger partial charge in [-0.05, 0) is 24.8 Å². The Morgan fingerprint density at radius 2 is 2.22 bits per heavy atom. The van der Waals surface area contributed by atoms with E-state index in [1.807, 2.05) is 49.1 Å². The van der Waals surface area contributed by atoms with Gasteiger partial charge in [0.05, 0.1) is 0 Å². The van der Waals surface area contributed by atoms with Crippen LogP contribution < -0.4 is 11.3 Å². The third-order valence-corrected chi connectivity index (χ3v) is 4.54. The van der Waals surface area contributed by atoms with E-state index in [0.717, 1.165) is 17.7 Å². The highest BCUT2D eigenvalue weighted by atomic mass is 32.2. The van der Waals surface area contributed by atoms with E-state index in [0.29, 0.717) is 6.04 Å². The minimum atomic E-state index is -0.306. The maximum absolute atomic E-state index is 12.0. The zero-order valence-corrected chi connectivity index (χ0v) is 11.3. The lowest BCUT2D eigenvalue weighted by Gasteiger charge is -2.31. The van der Waals surface area contributed by atoms with Crippen LogP contribution in [0.4, 0.5) is 0 Å². The molecule has 1 fully saturated rings. The summed E-state index contributed by atoms with van der Waals surface area (Å²) in [5.74, 6) is 7.41. The number of benzene rings is 1. The number of hydrogen-bond donors (Lipinski definition) is 2. The highest BCUT2D eigenvalue weighted by molar-refractivity contribution is 7.99. The zero-order chi connectivity index (χ0) is 13.0. The van der Waals surface area contributed by atoms with Crippen LogP contribution in [0.2, 0.25) is 0 Å². The number of nitrogens with one attached hydrogen (secondary N) is 1. The maximum atomic E-state index is 12.0. The van der Waals surface area contributed by atoms with Crippen LogP contribution in [0.25, 0.3) is 0 Å². The second-order valence-corrected chi connectivity index (χ2v) is 5.65. The molecule has 0 aromatic heterocycles. The number of likely N-dealkylation sites (N-methyl/N-ethyl adjacent to an activating group) is 1. The molecule has 0 radical (unpaired) electrons. The van der Waals surface area contributed by atoms with Gasteiger partial charge in [0.1, 0.15) is 6.04 Å². The van der Waals surface area contributed by atoms with Crippen molar-refractivity contribution in [2.45, 2.75) is 18.5 Å². The Bertz CT molecular complexity index is 392. The van der Waals surface area contributed by atoms with E-state index < -0.39 is 0 Å². The van der Waals surface area contributed by atoms with E-state index in [9.17, 15) is 4.79 Å². The summed E-state index contributed by atoms with van der Waals surface area (Å²) < 4.78 is 0. The number of carbonyl (C=O) groups is 1. The first-order valence-electron chi connectivity index (χ1n) is 6.09. The smallest absolute Gasteiger partial charge is 0.255 e. The molecule has 0 saturated carbocycles. The minimum Gasteiger partial charge on any atom is -0.293 e. The van der Waals surface area contributed by atoms with Crippen LogP contribution >= 0.6 is 11.8 Å². The maximum Gasteiger partial charge on any atom is 0.255 e. The molecule has 1 aromatic carbocycles. The molecule has 1 amide bonds. The third kappa shape index (κ3) is 2.85. The molecular weight excluding hydrogens is 246 g/mol. The molecule has 2 rings (SSSR count). The predicted octanol–water partition coefficient (Wildman–Crippen LogP) is 1.15. The van der Waals surface area contributed by atoms with Crippen molar-refractivity contribution in [2.24, 2.45) is 5.84 Å². The van der Waals surface area contributed by atoms with Crippen molar-refractivity contribution in [1.82, 2.24) is 10.3 Å². The molecule has 2 unspecified atom stereocenters. The Balaban J connectivity index is 2.22. The van der Waals surface area contributed by atoms with Crippen molar-refractivity contribution >= 4 is 17.7 Å². The SMILES string of the molecule is CN(C1CCSC1)C(C(=O)NN)c1ccccc1. The molecule has 1 heterocycles. The van der Waals surface area contributed by atoms with Gasteiger partial charge in [0.15, 0.2) is 0 Å². The number of thioether (sulfide) groups is 1. The van der Waals surface area contributed by atoms with Gasteiger partial charge >= 0.3 is 0 Å². The molecule has 0 spiro atoms. The van der Waals surface area contributed by atoms with Crippen molar-refractivity contribution in [3.05, 3.63) is 35.9 Å². The van der Waals surface area contributed by atoms with Crippen LogP contribution in [0, 0.1) is 0 Å². The van der Waals surface area contributed by atoms with Crippen molar-refractivity contribution in [2.75, 3.05) is 18.6 Å². The monoisotopic (exact) mass is 265 g/mol. The van der Waals surface area contributed by atoms with E-state index in [2.05, 4.69) is 10.3 Å². The second kappa shape index (κ2) is 6.22. The molecule has 1 aliphatic heterocycles. The fraction of sp³-hybridized carbons (Fsp3) is 0.462. The molecule has 1 aromatic rings. The van der Waals surface area contributed by atoms with Gasteiger partial charge in [-0.15, -0.1) is 0 Å². The van der Waals surface area contributed by atoms with Gasteiger partial charge in [-0.1, -0.05) is 30.3 Å². The van der Waals surface area contributed by atoms with Gasteiger partial charge in [0.2, 0.25) is 0 Å². The zero-order valence-electron chi connectivity index (χ0n) is 10.5. The molecule has 1 aliphatic rings. The quantitative estimate of drug-likeness (QED) is 0.487. The molecule has 0 bridgehead atoms. The van der Waals surface area contributed by atoms with Gasteiger partial charge in [-0.3, -0.25) is 15.1 Å². The average Bonchev–Trinajstić information content (AvgIpc) is 2.94.